The molecule has 0 fully saturated rings. The Morgan fingerprint density at radius 2 is 1.69 bits per heavy atom. The fourth-order valence-corrected chi connectivity index (χ4v) is 2.14. The number of urea groups is 1. The van der Waals surface area contributed by atoms with E-state index >= 15 is 0 Å². The first-order valence-corrected chi connectivity index (χ1v) is 7.79. The van der Waals surface area contributed by atoms with Gasteiger partial charge in [0, 0.05) is 13.6 Å². The first-order valence-electron chi connectivity index (χ1n) is 7.79. The summed E-state index contributed by atoms with van der Waals surface area (Å²) in [4.78, 5) is 13.3. The summed E-state index contributed by atoms with van der Waals surface area (Å²) in [6, 6.07) is 9.76. The average molecular weight is 370 g/mol. The lowest BCUT2D eigenvalue weighted by molar-refractivity contribution is -0.137. The van der Waals surface area contributed by atoms with Crippen LogP contribution in [0.15, 0.2) is 48.5 Å². The summed E-state index contributed by atoms with van der Waals surface area (Å²) in [6.45, 7) is 0.599. The van der Waals surface area contributed by atoms with Crippen molar-refractivity contribution in [3.8, 4) is 5.75 Å². The molecule has 0 atom stereocenters. The molecule has 1 N–H and O–H groups in total. The lowest BCUT2D eigenvalue weighted by Crippen LogP contribution is -2.38. The molecular weight excluding hydrogens is 352 g/mol. The summed E-state index contributed by atoms with van der Waals surface area (Å²) < 4.78 is 55.7. The molecule has 2 aromatic rings. The highest BCUT2D eigenvalue weighted by atomic mass is 19.4. The van der Waals surface area contributed by atoms with Crippen LogP contribution in [-0.4, -0.2) is 31.1 Å². The molecule has 2 rings (SSSR count). The molecule has 0 saturated carbocycles. The Morgan fingerprint density at radius 3 is 2.27 bits per heavy atom. The van der Waals surface area contributed by atoms with Gasteiger partial charge in [0.15, 0.2) is 0 Å². The number of hydrogen-bond acceptors (Lipinski definition) is 2. The quantitative estimate of drug-likeness (QED) is 0.615. The van der Waals surface area contributed by atoms with Gasteiger partial charge < -0.3 is 15.0 Å². The summed E-state index contributed by atoms with van der Waals surface area (Å²) >= 11 is 0. The SMILES string of the molecule is CN(Cc1ccc(C(F)(F)F)cc1)C(=O)NCCOc1ccc(F)cc1. The highest BCUT2D eigenvalue weighted by Crippen LogP contribution is 2.29. The molecule has 0 aliphatic heterocycles. The van der Waals surface area contributed by atoms with Gasteiger partial charge in [-0.1, -0.05) is 12.1 Å². The molecule has 0 radical (unpaired) electrons. The first-order chi connectivity index (χ1) is 12.3. The molecular formula is C18H18F4N2O2. The molecule has 0 spiro atoms. The molecule has 0 aliphatic carbocycles. The topological polar surface area (TPSA) is 41.6 Å². The summed E-state index contributed by atoms with van der Waals surface area (Å²) in [5.41, 5.74) is -0.149. The van der Waals surface area contributed by atoms with Crippen LogP contribution in [0, 0.1) is 5.82 Å². The largest absolute Gasteiger partial charge is 0.492 e. The fraction of sp³-hybridized carbons (Fsp3) is 0.278. The van der Waals surface area contributed by atoms with E-state index < -0.39 is 11.7 Å². The Hall–Kier alpha value is -2.77. The van der Waals surface area contributed by atoms with Gasteiger partial charge in [0.1, 0.15) is 18.2 Å². The first kappa shape index (κ1) is 19.6. The Labute approximate surface area is 148 Å². The van der Waals surface area contributed by atoms with E-state index in [9.17, 15) is 22.4 Å². The molecule has 0 heterocycles. The van der Waals surface area contributed by atoms with Gasteiger partial charge in [-0.3, -0.25) is 0 Å². The van der Waals surface area contributed by atoms with Crippen molar-refractivity contribution in [2.24, 2.45) is 0 Å². The van der Waals surface area contributed by atoms with E-state index in [1.807, 2.05) is 0 Å². The van der Waals surface area contributed by atoms with E-state index in [1.165, 1.54) is 48.3 Å². The molecule has 2 amide bonds. The second-order valence-corrected chi connectivity index (χ2v) is 5.59. The Bertz CT molecular complexity index is 715. The highest BCUT2D eigenvalue weighted by molar-refractivity contribution is 5.73. The predicted octanol–water partition coefficient (Wildman–Crippen LogP) is 4.06. The van der Waals surface area contributed by atoms with Gasteiger partial charge in [0.05, 0.1) is 12.1 Å². The van der Waals surface area contributed by atoms with Crippen LogP contribution in [0.1, 0.15) is 11.1 Å². The number of carbonyl (C=O) groups is 1. The predicted molar refractivity (Wildman–Crippen MR) is 88.2 cm³/mol. The number of nitrogens with zero attached hydrogens (tertiary/aromatic N) is 1. The van der Waals surface area contributed by atoms with Crippen LogP contribution in [0.4, 0.5) is 22.4 Å². The Morgan fingerprint density at radius 1 is 1.08 bits per heavy atom. The van der Waals surface area contributed by atoms with E-state index in [0.717, 1.165) is 12.1 Å². The zero-order valence-corrected chi connectivity index (χ0v) is 14.0. The normalized spacial score (nSPS) is 11.1. The van der Waals surface area contributed by atoms with Crippen LogP contribution >= 0.6 is 0 Å². The van der Waals surface area contributed by atoms with E-state index in [0.29, 0.717) is 11.3 Å². The standard InChI is InChI=1S/C18H18F4N2O2/c1-24(12-13-2-4-14(5-3-13)18(20,21)22)17(25)23-10-11-26-16-8-6-15(19)7-9-16/h2-9H,10-12H2,1H3,(H,23,25). The van der Waals surface area contributed by atoms with Crippen LogP contribution in [0.5, 0.6) is 5.75 Å². The molecule has 0 bridgehead atoms. The molecule has 8 heteroatoms. The fourth-order valence-electron chi connectivity index (χ4n) is 2.14. The third kappa shape index (κ3) is 5.94. The zero-order chi connectivity index (χ0) is 19.2. The maximum atomic E-state index is 12.8. The molecule has 140 valence electrons. The molecule has 4 nitrogen and oxygen atoms in total. The lowest BCUT2D eigenvalue weighted by atomic mass is 10.1. The van der Waals surface area contributed by atoms with E-state index in [2.05, 4.69) is 5.32 Å². The minimum absolute atomic E-state index is 0.169. The third-order valence-electron chi connectivity index (χ3n) is 3.51. The number of benzene rings is 2. The minimum Gasteiger partial charge on any atom is -0.492 e. The minimum atomic E-state index is -4.38. The van der Waals surface area contributed by atoms with Gasteiger partial charge in [-0.2, -0.15) is 13.2 Å². The van der Waals surface area contributed by atoms with Gasteiger partial charge >= 0.3 is 12.2 Å². The van der Waals surface area contributed by atoms with E-state index in [-0.39, 0.29) is 31.5 Å². The van der Waals surface area contributed by atoms with Crippen molar-refractivity contribution in [2.45, 2.75) is 12.7 Å². The van der Waals surface area contributed by atoms with Gasteiger partial charge in [-0.05, 0) is 42.0 Å². The van der Waals surface area contributed by atoms with Gasteiger partial charge in [0.25, 0.3) is 0 Å². The number of ether oxygens (including phenoxy) is 1. The van der Waals surface area contributed by atoms with E-state index in [1.54, 1.807) is 0 Å². The zero-order valence-electron chi connectivity index (χ0n) is 14.0. The number of halogens is 4. The van der Waals surface area contributed by atoms with Gasteiger partial charge in [-0.15, -0.1) is 0 Å². The van der Waals surface area contributed by atoms with Crippen molar-refractivity contribution in [2.75, 3.05) is 20.2 Å². The number of carbonyl (C=O) groups excluding carboxylic acids is 1. The molecule has 0 saturated heterocycles. The number of nitrogens with one attached hydrogen (secondary N) is 1. The maximum Gasteiger partial charge on any atom is 0.416 e. The van der Waals surface area contributed by atoms with Crippen molar-refractivity contribution in [3.63, 3.8) is 0 Å². The maximum absolute atomic E-state index is 12.8. The van der Waals surface area contributed by atoms with Crippen LogP contribution in [-0.2, 0) is 12.7 Å². The monoisotopic (exact) mass is 370 g/mol. The van der Waals surface area contributed by atoms with E-state index in [4.69, 9.17) is 4.74 Å². The van der Waals surface area contributed by atoms with Crippen LogP contribution in [0.3, 0.4) is 0 Å². The Kier molecular flexibility index (Phi) is 6.43. The Balaban J connectivity index is 1.74. The number of amides is 2. The van der Waals surface area contributed by atoms with Crippen molar-refractivity contribution in [1.82, 2.24) is 10.2 Å². The van der Waals surface area contributed by atoms with Crippen LogP contribution in [0.25, 0.3) is 0 Å². The molecule has 26 heavy (non-hydrogen) atoms. The second-order valence-electron chi connectivity index (χ2n) is 5.59. The number of hydrogen-bond donors (Lipinski definition) is 1. The van der Waals surface area contributed by atoms with Crippen LogP contribution in [0.2, 0.25) is 0 Å². The van der Waals surface area contributed by atoms with Crippen molar-refractivity contribution in [1.29, 1.82) is 0 Å². The van der Waals surface area contributed by atoms with Crippen molar-refractivity contribution >= 4 is 6.03 Å². The van der Waals surface area contributed by atoms with Crippen molar-refractivity contribution in [3.05, 3.63) is 65.5 Å². The molecule has 0 aliphatic rings. The summed E-state index contributed by atoms with van der Waals surface area (Å²) in [7, 11) is 1.54. The summed E-state index contributed by atoms with van der Waals surface area (Å²) in [5, 5.41) is 2.63. The number of rotatable bonds is 6. The average Bonchev–Trinajstić information content (AvgIpc) is 2.59. The lowest BCUT2D eigenvalue weighted by Gasteiger charge is -2.18. The van der Waals surface area contributed by atoms with Crippen molar-refractivity contribution < 1.29 is 27.1 Å². The van der Waals surface area contributed by atoms with Gasteiger partial charge in [0.2, 0.25) is 0 Å². The van der Waals surface area contributed by atoms with Gasteiger partial charge in [-0.25, -0.2) is 9.18 Å². The number of alkyl halides is 3. The van der Waals surface area contributed by atoms with Crippen LogP contribution < -0.4 is 10.1 Å². The molecule has 0 unspecified atom stereocenters. The summed E-state index contributed by atoms with van der Waals surface area (Å²) in [5.74, 6) is 0.120. The molecule has 0 aromatic heterocycles. The smallest absolute Gasteiger partial charge is 0.416 e. The summed E-state index contributed by atoms with van der Waals surface area (Å²) in [6.07, 6.45) is -4.38. The third-order valence-corrected chi connectivity index (χ3v) is 3.51. The molecule has 2 aromatic carbocycles. The second kappa shape index (κ2) is 8.55. The highest BCUT2D eigenvalue weighted by Gasteiger charge is 2.29.